The summed E-state index contributed by atoms with van der Waals surface area (Å²) < 4.78 is 41.2. The number of benzene rings is 3. The Morgan fingerprint density at radius 2 is 1.69 bits per heavy atom. The van der Waals surface area contributed by atoms with Gasteiger partial charge in [-0.3, -0.25) is 0 Å². The molecule has 1 fully saturated rings. The zero-order valence-electron chi connectivity index (χ0n) is 17.1. The molecule has 4 aromatic rings. The monoisotopic (exact) mass is 435 g/mol. The SMILES string of the molecule is O=C(O)c1c(-c2ccc(C3CC3)cc2)c2ccccc2n1Cc1cccc(C(F)(F)F)c1. The summed E-state index contributed by atoms with van der Waals surface area (Å²) in [6.45, 7) is 0.0201. The molecular weight excluding hydrogens is 415 g/mol. The first-order valence-corrected chi connectivity index (χ1v) is 10.4. The Kier molecular flexibility index (Phi) is 4.81. The second kappa shape index (κ2) is 7.55. The number of rotatable bonds is 5. The number of hydrogen-bond acceptors (Lipinski definition) is 1. The van der Waals surface area contributed by atoms with Crippen LogP contribution in [0.1, 0.15) is 45.9 Å². The molecule has 1 heterocycles. The lowest BCUT2D eigenvalue weighted by molar-refractivity contribution is -0.137. The van der Waals surface area contributed by atoms with Crippen molar-refractivity contribution in [3.8, 4) is 11.1 Å². The van der Waals surface area contributed by atoms with Crippen molar-refractivity contribution in [3.05, 3.63) is 95.2 Å². The molecule has 6 heteroatoms. The van der Waals surface area contributed by atoms with Crippen LogP contribution >= 0.6 is 0 Å². The summed E-state index contributed by atoms with van der Waals surface area (Å²) in [5.41, 5.74) is 3.00. The minimum absolute atomic E-state index is 0.0201. The first kappa shape index (κ1) is 20.4. The molecule has 1 N–H and O–H groups in total. The Bertz CT molecular complexity index is 1320. The van der Waals surface area contributed by atoms with E-state index in [1.807, 2.05) is 36.4 Å². The lowest BCUT2D eigenvalue weighted by Crippen LogP contribution is -2.11. The molecule has 1 aliphatic carbocycles. The summed E-state index contributed by atoms with van der Waals surface area (Å²) in [6.07, 6.45) is -2.11. The molecule has 0 atom stereocenters. The Morgan fingerprint density at radius 3 is 2.34 bits per heavy atom. The molecule has 0 bridgehead atoms. The second-order valence-corrected chi connectivity index (χ2v) is 8.23. The van der Waals surface area contributed by atoms with E-state index in [-0.39, 0.29) is 12.2 Å². The Hall–Kier alpha value is -3.54. The van der Waals surface area contributed by atoms with Gasteiger partial charge in [0.25, 0.3) is 0 Å². The Labute approximate surface area is 182 Å². The van der Waals surface area contributed by atoms with Crippen molar-refractivity contribution in [1.29, 1.82) is 0 Å². The van der Waals surface area contributed by atoms with Gasteiger partial charge in [0.05, 0.1) is 5.56 Å². The zero-order chi connectivity index (χ0) is 22.5. The van der Waals surface area contributed by atoms with Crippen LogP contribution in [0.3, 0.4) is 0 Å². The Morgan fingerprint density at radius 1 is 0.969 bits per heavy atom. The number of alkyl halides is 3. The number of fused-ring (bicyclic) bond motifs is 1. The van der Waals surface area contributed by atoms with Crippen molar-refractivity contribution < 1.29 is 23.1 Å². The molecule has 0 amide bonds. The molecule has 5 rings (SSSR count). The molecule has 162 valence electrons. The summed E-state index contributed by atoms with van der Waals surface area (Å²) in [5, 5.41) is 10.9. The van der Waals surface area contributed by atoms with E-state index in [2.05, 4.69) is 0 Å². The topological polar surface area (TPSA) is 42.2 Å². The molecule has 0 radical (unpaired) electrons. The van der Waals surface area contributed by atoms with Crippen LogP contribution < -0.4 is 0 Å². The van der Waals surface area contributed by atoms with E-state index in [0.717, 1.165) is 23.1 Å². The predicted molar refractivity (Wildman–Crippen MR) is 117 cm³/mol. The van der Waals surface area contributed by atoms with Gasteiger partial charge in [-0.1, -0.05) is 54.6 Å². The van der Waals surface area contributed by atoms with Gasteiger partial charge in [0, 0.05) is 23.0 Å². The van der Waals surface area contributed by atoms with Crippen molar-refractivity contribution in [2.45, 2.75) is 31.5 Å². The van der Waals surface area contributed by atoms with Crippen LogP contribution in [0, 0.1) is 0 Å². The summed E-state index contributed by atoms with van der Waals surface area (Å²) >= 11 is 0. The third kappa shape index (κ3) is 3.66. The van der Waals surface area contributed by atoms with Gasteiger partial charge in [0.1, 0.15) is 5.69 Å². The first-order chi connectivity index (χ1) is 15.3. The minimum Gasteiger partial charge on any atom is -0.477 e. The molecule has 1 saturated carbocycles. The van der Waals surface area contributed by atoms with Gasteiger partial charge < -0.3 is 9.67 Å². The van der Waals surface area contributed by atoms with E-state index in [9.17, 15) is 23.1 Å². The number of para-hydroxylation sites is 1. The smallest absolute Gasteiger partial charge is 0.416 e. The van der Waals surface area contributed by atoms with Gasteiger partial charge in [0.2, 0.25) is 0 Å². The van der Waals surface area contributed by atoms with Crippen molar-refractivity contribution in [1.82, 2.24) is 4.57 Å². The van der Waals surface area contributed by atoms with Crippen molar-refractivity contribution in [3.63, 3.8) is 0 Å². The lowest BCUT2D eigenvalue weighted by atomic mass is 9.99. The predicted octanol–water partition coefficient (Wildman–Crippen LogP) is 6.95. The fourth-order valence-electron chi connectivity index (χ4n) is 4.35. The van der Waals surface area contributed by atoms with Gasteiger partial charge in [-0.05, 0) is 53.6 Å². The molecule has 0 saturated heterocycles. The van der Waals surface area contributed by atoms with Crippen LogP contribution in [-0.2, 0) is 12.7 Å². The lowest BCUT2D eigenvalue weighted by Gasteiger charge is -2.12. The average molecular weight is 435 g/mol. The highest BCUT2D eigenvalue weighted by Crippen LogP contribution is 2.42. The summed E-state index contributed by atoms with van der Waals surface area (Å²) in [4.78, 5) is 12.4. The Balaban J connectivity index is 1.66. The number of aromatic nitrogens is 1. The van der Waals surface area contributed by atoms with E-state index < -0.39 is 17.7 Å². The third-order valence-corrected chi connectivity index (χ3v) is 6.02. The van der Waals surface area contributed by atoms with E-state index in [1.165, 1.54) is 24.5 Å². The third-order valence-electron chi connectivity index (χ3n) is 6.02. The number of carboxylic acids is 1. The molecular formula is C26H20F3NO2. The number of halogens is 3. The van der Waals surface area contributed by atoms with Crippen LogP contribution in [0.2, 0.25) is 0 Å². The normalized spacial score (nSPS) is 14.1. The maximum Gasteiger partial charge on any atom is 0.416 e. The quantitative estimate of drug-likeness (QED) is 0.369. The number of aromatic carboxylic acids is 1. The zero-order valence-corrected chi connectivity index (χ0v) is 17.1. The molecule has 0 unspecified atom stereocenters. The van der Waals surface area contributed by atoms with Crippen molar-refractivity contribution in [2.24, 2.45) is 0 Å². The van der Waals surface area contributed by atoms with Gasteiger partial charge in [0.15, 0.2) is 0 Å². The number of nitrogens with zero attached hydrogens (tertiary/aromatic N) is 1. The van der Waals surface area contributed by atoms with Gasteiger partial charge in [-0.15, -0.1) is 0 Å². The van der Waals surface area contributed by atoms with E-state index in [1.54, 1.807) is 22.8 Å². The highest BCUT2D eigenvalue weighted by Gasteiger charge is 2.31. The van der Waals surface area contributed by atoms with Gasteiger partial charge in [-0.2, -0.15) is 13.2 Å². The second-order valence-electron chi connectivity index (χ2n) is 8.23. The number of hydrogen-bond donors (Lipinski definition) is 1. The fraction of sp³-hybridized carbons (Fsp3) is 0.192. The van der Waals surface area contributed by atoms with Crippen LogP contribution in [0.4, 0.5) is 13.2 Å². The fourth-order valence-corrected chi connectivity index (χ4v) is 4.35. The van der Waals surface area contributed by atoms with Crippen LogP contribution in [0.25, 0.3) is 22.0 Å². The summed E-state index contributed by atoms with van der Waals surface area (Å²) in [6, 6.07) is 20.3. The number of carboxylic acid groups (broad SMARTS) is 1. The van der Waals surface area contributed by atoms with Gasteiger partial charge >= 0.3 is 12.1 Å². The van der Waals surface area contributed by atoms with E-state index >= 15 is 0 Å². The highest BCUT2D eigenvalue weighted by atomic mass is 19.4. The maximum atomic E-state index is 13.2. The average Bonchev–Trinajstić information content (AvgIpc) is 3.57. The molecule has 1 aliphatic rings. The van der Waals surface area contributed by atoms with Crippen LogP contribution in [0.5, 0.6) is 0 Å². The summed E-state index contributed by atoms with van der Waals surface area (Å²) in [5.74, 6) is -0.528. The van der Waals surface area contributed by atoms with Gasteiger partial charge in [-0.25, -0.2) is 4.79 Å². The van der Waals surface area contributed by atoms with Crippen LogP contribution in [0.15, 0.2) is 72.8 Å². The molecule has 3 nitrogen and oxygen atoms in total. The minimum atomic E-state index is -4.46. The van der Waals surface area contributed by atoms with Crippen LogP contribution in [-0.4, -0.2) is 15.6 Å². The first-order valence-electron chi connectivity index (χ1n) is 10.4. The highest BCUT2D eigenvalue weighted by molar-refractivity contribution is 6.08. The molecule has 0 aliphatic heterocycles. The van der Waals surface area contributed by atoms with E-state index in [0.29, 0.717) is 22.6 Å². The molecule has 3 aromatic carbocycles. The summed E-state index contributed by atoms with van der Waals surface area (Å²) in [7, 11) is 0. The standard InChI is InChI=1S/C26H20F3NO2/c27-26(28,29)20-5-3-4-16(14-20)15-30-22-7-2-1-6-21(22)23(24(30)25(31)32)19-12-10-18(11-13-19)17-8-9-17/h1-7,10-14,17H,8-9,15H2,(H,31,32). The molecule has 32 heavy (non-hydrogen) atoms. The van der Waals surface area contributed by atoms with Crippen molar-refractivity contribution in [2.75, 3.05) is 0 Å². The molecule has 0 spiro atoms. The van der Waals surface area contributed by atoms with E-state index in [4.69, 9.17) is 0 Å². The largest absolute Gasteiger partial charge is 0.477 e. The maximum absolute atomic E-state index is 13.2. The molecule has 1 aromatic heterocycles. The number of carbonyl (C=O) groups is 1. The van der Waals surface area contributed by atoms with Crippen molar-refractivity contribution >= 4 is 16.9 Å².